The molecule has 1 aromatic carbocycles. The predicted molar refractivity (Wildman–Crippen MR) is 55.2 cm³/mol. The summed E-state index contributed by atoms with van der Waals surface area (Å²) in [5.74, 6) is -1.49. The SMILES string of the molecule is C[C@H](CC#N)NC(=O)c1cc(F)ccc1O. The summed E-state index contributed by atoms with van der Waals surface area (Å²) in [7, 11) is 0. The van der Waals surface area contributed by atoms with E-state index in [0.29, 0.717) is 0 Å². The Morgan fingerprint density at radius 1 is 1.69 bits per heavy atom. The molecule has 0 saturated heterocycles. The van der Waals surface area contributed by atoms with Crippen molar-refractivity contribution in [3.05, 3.63) is 29.6 Å². The van der Waals surface area contributed by atoms with Crippen LogP contribution in [0.15, 0.2) is 18.2 Å². The summed E-state index contributed by atoms with van der Waals surface area (Å²) in [6.45, 7) is 1.65. The maximum Gasteiger partial charge on any atom is 0.255 e. The summed E-state index contributed by atoms with van der Waals surface area (Å²) >= 11 is 0. The number of carbonyl (C=O) groups is 1. The van der Waals surface area contributed by atoms with Gasteiger partial charge in [-0.2, -0.15) is 5.26 Å². The van der Waals surface area contributed by atoms with Gasteiger partial charge in [-0.25, -0.2) is 4.39 Å². The molecule has 0 saturated carbocycles. The second kappa shape index (κ2) is 5.12. The number of nitrogens with zero attached hydrogens (tertiary/aromatic N) is 1. The zero-order chi connectivity index (χ0) is 12.1. The van der Waals surface area contributed by atoms with Crippen molar-refractivity contribution >= 4 is 5.91 Å². The Hall–Kier alpha value is -2.09. The highest BCUT2D eigenvalue weighted by Gasteiger charge is 2.14. The van der Waals surface area contributed by atoms with E-state index in [9.17, 15) is 14.3 Å². The Bertz CT molecular complexity index is 440. The number of nitriles is 1. The molecule has 2 N–H and O–H groups in total. The van der Waals surface area contributed by atoms with Gasteiger partial charge in [-0.1, -0.05) is 0 Å². The average molecular weight is 222 g/mol. The van der Waals surface area contributed by atoms with Crippen molar-refractivity contribution in [1.82, 2.24) is 5.32 Å². The fourth-order valence-corrected chi connectivity index (χ4v) is 1.18. The van der Waals surface area contributed by atoms with E-state index >= 15 is 0 Å². The van der Waals surface area contributed by atoms with E-state index in [-0.39, 0.29) is 23.8 Å². The highest BCUT2D eigenvalue weighted by atomic mass is 19.1. The summed E-state index contributed by atoms with van der Waals surface area (Å²) in [6.07, 6.45) is 0.155. The number of carbonyl (C=O) groups excluding carboxylic acids is 1. The maximum absolute atomic E-state index is 12.8. The van der Waals surface area contributed by atoms with Gasteiger partial charge in [-0.05, 0) is 25.1 Å². The van der Waals surface area contributed by atoms with Crippen LogP contribution in [-0.4, -0.2) is 17.1 Å². The van der Waals surface area contributed by atoms with E-state index in [4.69, 9.17) is 5.26 Å². The molecule has 0 fully saturated rings. The minimum Gasteiger partial charge on any atom is -0.507 e. The number of phenolic OH excluding ortho intramolecular Hbond substituents is 1. The van der Waals surface area contributed by atoms with E-state index in [2.05, 4.69) is 5.32 Å². The highest BCUT2D eigenvalue weighted by molar-refractivity contribution is 5.96. The molecule has 0 aliphatic rings. The number of rotatable bonds is 3. The first kappa shape index (κ1) is 12.0. The van der Waals surface area contributed by atoms with Gasteiger partial charge in [0.05, 0.1) is 18.1 Å². The Balaban J connectivity index is 2.81. The van der Waals surface area contributed by atoms with Crippen LogP contribution in [0.5, 0.6) is 5.75 Å². The van der Waals surface area contributed by atoms with Crippen LogP contribution in [0.1, 0.15) is 23.7 Å². The van der Waals surface area contributed by atoms with Crippen LogP contribution in [0.2, 0.25) is 0 Å². The second-order valence-electron chi connectivity index (χ2n) is 3.40. The largest absolute Gasteiger partial charge is 0.507 e. The van der Waals surface area contributed by atoms with E-state index in [1.807, 2.05) is 6.07 Å². The van der Waals surface area contributed by atoms with Crippen molar-refractivity contribution in [2.24, 2.45) is 0 Å². The number of hydrogen-bond donors (Lipinski definition) is 2. The zero-order valence-corrected chi connectivity index (χ0v) is 8.70. The molecule has 1 atom stereocenters. The molecule has 1 aromatic rings. The third kappa shape index (κ3) is 2.95. The molecule has 0 radical (unpaired) electrons. The van der Waals surface area contributed by atoms with Gasteiger partial charge in [-0.15, -0.1) is 0 Å². The van der Waals surface area contributed by atoms with Gasteiger partial charge in [-0.3, -0.25) is 4.79 Å². The maximum atomic E-state index is 12.8. The van der Waals surface area contributed by atoms with Crippen molar-refractivity contribution in [3.8, 4) is 11.8 Å². The van der Waals surface area contributed by atoms with Crippen molar-refractivity contribution in [3.63, 3.8) is 0 Å². The lowest BCUT2D eigenvalue weighted by molar-refractivity contribution is 0.0937. The van der Waals surface area contributed by atoms with Gasteiger partial charge in [0.1, 0.15) is 11.6 Å². The van der Waals surface area contributed by atoms with Crippen LogP contribution in [0.25, 0.3) is 0 Å². The monoisotopic (exact) mass is 222 g/mol. The molecular formula is C11H11FN2O2. The smallest absolute Gasteiger partial charge is 0.255 e. The summed E-state index contributed by atoms with van der Waals surface area (Å²) in [5.41, 5.74) is -0.134. The molecule has 5 heteroatoms. The molecule has 0 heterocycles. The number of benzene rings is 1. The van der Waals surface area contributed by atoms with Crippen LogP contribution in [-0.2, 0) is 0 Å². The number of halogens is 1. The zero-order valence-electron chi connectivity index (χ0n) is 8.70. The standard InChI is InChI=1S/C11H11FN2O2/c1-7(4-5-13)14-11(16)9-6-8(12)2-3-10(9)15/h2-3,6-7,15H,4H2,1H3,(H,14,16)/t7-/m1/s1. The van der Waals surface area contributed by atoms with Crippen LogP contribution in [0, 0.1) is 17.1 Å². The van der Waals surface area contributed by atoms with Gasteiger partial charge >= 0.3 is 0 Å². The molecule has 0 unspecified atom stereocenters. The van der Waals surface area contributed by atoms with Crippen molar-refractivity contribution < 1.29 is 14.3 Å². The quantitative estimate of drug-likeness (QED) is 0.815. The van der Waals surface area contributed by atoms with Crippen molar-refractivity contribution in [1.29, 1.82) is 5.26 Å². The molecule has 84 valence electrons. The van der Waals surface area contributed by atoms with E-state index < -0.39 is 11.7 Å². The minimum atomic E-state index is -0.601. The first-order valence-electron chi connectivity index (χ1n) is 4.71. The third-order valence-corrected chi connectivity index (χ3v) is 1.98. The summed E-state index contributed by atoms with van der Waals surface area (Å²) in [5, 5.41) is 20.2. The van der Waals surface area contributed by atoms with Gasteiger partial charge in [0.15, 0.2) is 0 Å². The topological polar surface area (TPSA) is 73.1 Å². The number of nitrogens with one attached hydrogen (secondary N) is 1. The summed E-state index contributed by atoms with van der Waals surface area (Å²) in [4.78, 5) is 11.6. The lowest BCUT2D eigenvalue weighted by Crippen LogP contribution is -2.32. The molecule has 0 aliphatic carbocycles. The van der Waals surface area contributed by atoms with Gasteiger partial charge in [0.25, 0.3) is 5.91 Å². The lowest BCUT2D eigenvalue weighted by atomic mass is 10.1. The third-order valence-electron chi connectivity index (χ3n) is 1.98. The number of phenols is 1. The molecule has 0 aliphatic heterocycles. The summed E-state index contributed by atoms with van der Waals surface area (Å²) in [6, 6.07) is 4.67. The molecule has 4 nitrogen and oxygen atoms in total. The van der Waals surface area contributed by atoms with E-state index in [1.165, 1.54) is 0 Å². The molecule has 0 bridgehead atoms. The predicted octanol–water partition coefficient (Wildman–Crippen LogP) is 1.56. The Morgan fingerprint density at radius 2 is 2.38 bits per heavy atom. The molecule has 0 spiro atoms. The number of hydrogen-bond acceptors (Lipinski definition) is 3. The molecule has 1 amide bonds. The average Bonchev–Trinajstić information content (AvgIpc) is 2.21. The van der Waals surface area contributed by atoms with Crippen LogP contribution in [0.3, 0.4) is 0 Å². The first-order valence-corrected chi connectivity index (χ1v) is 4.71. The highest BCUT2D eigenvalue weighted by Crippen LogP contribution is 2.17. The molecular weight excluding hydrogens is 211 g/mol. The van der Waals surface area contributed by atoms with Gasteiger partial charge < -0.3 is 10.4 Å². The molecule has 1 rings (SSSR count). The number of amides is 1. The van der Waals surface area contributed by atoms with Gasteiger partial charge in [0, 0.05) is 6.04 Å². The van der Waals surface area contributed by atoms with Gasteiger partial charge in [0.2, 0.25) is 0 Å². The molecule has 0 aromatic heterocycles. The number of aromatic hydroxyl groups is 1. The minimum absolute atomic E-state index is 0.134. The fraction of sp³-hybridized carbons (Fsp3) is 0.273. The van der Waals surface area contributed by atoms with E-state index in [1.54, 1.807) is 6.92 Å². The van der Waals surface area contributed by atoms with Crippen LogP contribution in [0.4, 0.5) is 4.39 Å². The Labute approximate surface area is 92.3 Å². The van der Waals surface area contributed by atoms with E-state index in [0.717, 1.165) is 18.2 Å². The fourth-order valence-electron chi connectivity index (χ4n) is 1.18. The summed E-state index contributed by atoms with van der Waals surface area (Å²) < 4.78 is 12.8. The first-order chi connectivity index (χ1) is 7.54. The van der Waals surface area contributed by atoms with Crippen LogP contribution >= 0.6 is 0 Å². The lowest BCUT2D eigenvalue weighted by Gasteiger charge is -2.11. The van der Waals surface area contributed by atoms with Crippen molar-refractivity contribution in [2.45, 2.75) is 19.4 Å². The normalized spacial score (nSPS) is 11.6. The second-order valence-corrected chi connectivity index (χ2v) is 3.40. The Morgan fingerprint density at radius 3 is 3.00 bits per heavy atom. The van der Waals surface area contributed by atoms with Crippen molar-refractivity contribution in [2.75, 3.05) is 0 Å². The Kier molecular flexibility index (Phi) is 3.84. The van der Waals surface area contributed by atoms with Crippen LogP contribution < -0.4 is 5.32 Å². The molecule has 16 heavy (non-hydrogen) atoms.